The molecule has 3 aromatic rings. The molecule has 1 saturated carbocycles. The van der Waals surface area contributed by atoms with E-state index in [2.05, 4.69) is 41.1 Å². The van der Waals surface area contributed by atoms with Gasteiger partial charge in [0.15, 0.2) is 12.6 Å². The maximum Gasteiger partial charge on any atom is 0.361 e. The molecule has 1 spiro atoms. The zero-order valence-corrected chi connectivity index (χ0v) is 39.7. The first-order valence-electron chi connectivity index (χ1n) is 22.3. The summed E-state index contributed by atoms with van der Waals surface area (Å²) in [7, 11) is 7.57. The second kappa shape index (κ2) is 16.3. The SMILES string of the molecule is CCC1=C[C@H]2C[C@](C(=O)OC)(c3cc4c(cc3OC)N(C)[C@H]3[C@@](O)(C(=O)OC)[C@H](OC(C)=O)[C@]5(CC)C=CCN6CC[C@]43[C@@H]65)c3[nH]c4ccccc4c3CC[N+](CC(=O)OC)(C1)C2.[Br-]. The van der Waals surface area contributed by atoms with Crippen molar-refractivity contribution in [1.29, 1.82) is 0 Å². The number of nitrogens with zero attached hydrogens (tertiary/aromatic N) is 3. The summed E-state index contributed by atoms with van der Waals surface area (Å²) in [5.74, 6) is -1.97. The lowest BCUT2D eigenvalue weighted by Gasteiger charge is -2.63. The van der Waals surface area contributed by atoms with Gasteiger partial charge in [0.2, 0.25) is 5.60 Å². The monoisotopic (exact) mass is 944 g/mol. The van der Waals surface area contributed by atoms with Crippen molar-refractivity contribution in [3.05, 3.63) is 82.6 Å². The van der Waals surface area contributed by atoms with Gasteiger partial charge in [0.05, 0.1) is 47.6 Å². The average Bonchev–Trinajstić information content (AvgIpc) is 3.95. The molecule has 15 heteroatoms. The lowest BCUT2D eigenvalue weighted by Crippen LogP contribution is -3.00. The predicted molar refractivity (Wildman–Crippen MR) is 234 cm³/mol. The quantitative estimate of drug-likeness (QED) is 0.138. The number of hydrogen-bond donors (Lipinski definition) is 2. The van der Waals surface area contributed by atoms with Crippen LogP contribution in [0.15, 0.2) is 60.2 Å². The summed E-state index contributed by atoms with van der Waals surface area (Å²) in [5, 5.41) is 14.4. The summed E-state index contributed by atoms with van der Waals surface area (Å²) < 4.78 is 29.9. The highest BCUT2D eigenvalue weighted by molar-refractivity contribution is 5.95. The van der Waals surface area contributed by atoms with Crippen molar-refractivity contribution >= 4 is 40.5 Å². The standard InChI is InChI=1S/C49H61N4O10.BrH/c1-9-30-22-31-25-48(44(56)61-7,40-33(32-14-11-12-15-36(32)50-40)16-21-53(26-30,27-31)28-39(55)60-6)35-23-34-37(24-38(35)59-5)51(4)42-47(34)18-20-52-19-13-17-46(10-2,41(47)52)43(63-29(3)54)49(42,58)45(57)62-8;/h11-15,17,22-24,31,41-43,50,58H,9-10,16,18-21,25-28H2,1-8H3;1H/q+1;/p-1/t31-,41-,42+,43+,46+,47+,48-,49-,53?;/m0./s1. The number of H-pyrrole nitrogens is 1. The van der Waals surface area contributed by atoms with Crippen molar-refractivity contribution < 1.29 is 69.4 Å². The van der Waals surface area contributed by atoms with E-state index in [1.807, 2.05) is 49.2 Å². The van der Waals surface area contributed by atoms with E-state index in [4.69, 9.17) is 23.7 Å². The molecule has 1 unspecified atom stereocenters. The van der Waals surface area contributed by atoms with Gasteiger partial charge in [0.25, 0.3) is 0 Å². The number of methoxy groups -OCH3 is 4. The Bertz CT molecular complexity index is 2470. The Kier molecular flexibility index (Phi) is 11.7. The number of aromatic nitrogens is 1. The Balaban J connectivity index is 0.00000560. The number of aromatic amines is 1. The number of hydrogen-bond acceptors (Lipinski definition) is 12. The van der Waals surface area contributed by atoms with Crippen LogP contribution in [0.25, 0.3) is 10.9 Å². The topological polar surface area (TPSA) is 157 Å². The highest BCUT2D eigenvalue weighted by Gasteiger charge is 2.80. The van der Waals surface area contributed by atoms with Crippen LogP contribution in [0, 0.1) is 11.3 Å². The van der Waals surface area contributed by atoms with Crippen LogP contribution in [0.2, 0.25) is 0 Å². The summed E-state index contributed by atoms with van der Waals surface area (Å²) in [5.41, 5.74) is 0.236. The highest BCUT2D eigenvalue weighted by atomic mass is 79.9. The Morgan fingerprint density at radius 3 is 2.41 bits per heavy atom. The second-order valence-corrected chi connectivity index (χ2v) is 18.9. The number of esters is 4. The van der Waals surface area contributed by atoms with Crippen molar-refractivity contribution in [2.24, 2.45) is 11.3 Å². The maximum atomic E-state index is 15.5. The van der Waals surface area contributed by atoms with E-state index >= 15 is 4.79 Å². The number of anilines is 1. The molecule has 344 valence electrons. The summed E-state index contributed by atoms with van der Waals surface area (Å²) in [6.45, 7) is 8.88. The summed E-state index contributed by atoms with van der Waals surface area (Å²) in [6, 6.07) is 10.8. The molecule has 1 saturated heterocycles. The van der Waals surface area contributed by atoms with E-state index in [0.29, 0.717) is 79.9 Å². The molecule has 6 heterocycles. The third kappa shape index (κ3) is 6.12. The zero-order valence-electron chi connectivity index (χ0n) is 38.1. The summed E-state index contributed by atoms with van der Waals surface area (Å²) >= 11 is 0. The lowest BCUT2D eigenvalue weighted by molar-refractivity contribution is -0.921. The Hall–Kier alpha value is -4.70. The summed E-state index contributed by atoms with van der Waals surface area (Å²) in [6.07, 6.45) is 7.77. The second-order valence-electron chi connectivity index (χ2n) is 18.9. The zero-order chi connectivity index (χ0) is 44.9. The van der Waals surface area contributed by atoms with Crippen molar-refractivity contribution in [3.8, 4) is 5.75 Å². The van der Waals surface area contributed by atoms with Crippen molar-refractivity contribution in [1.82, 2.24) is 9.88 Å². The fourth-order valence-corrected chi connectivity index (χ4v) is 14.0. The van der Waals surface area contributed by atoms with E-state index in [1.165, 1.54) is 33.8 Å². The van der Waals surface area contributed by atoms with E-state index in [1.54, 1.807) is 7.11 Å². The van der Waals surface area contributed by atoms with Crippen molar-refractivity contribution in [3.63, 3.8) is 0 Å². The normalized spacial score (nSPS) is 33.5. The molecule has 9 rings (SSSR count). The van der Waals surface area contributed by atoms with Crippen LogP contribution in [0.3, 0.4) is 0 Å². The average molecular weight is 946 g/mol. The molecule has 2 bridgehead atoms. The number of carbonyl (C=O) groups is 4. The molecular weight excluding hydrogens is 884 g/mol. The number of carbonyl (C=O) groups excluding carboxylic acids is 4. The fraction of sp³-hybridized carbons (Fsp3) is 0.551. The van der Waals surface area contributed by atoms with E-state index in [-0.39, 0.29) is 41.5 Å². The number of ether oxygens (including phenoxy) is 5. The molecule has 1 aliphatic carbocycles. The maximum absolute atomic E-state index is 15.5. The molecule has 2 N–H and O–H groups in total. The minimum Gasteiger partial charge on any atom is -1.00 e. The van der Waals surface area contributed by atoms with Gasteiger partial charge in [-0.1, -0.05) is 50.3 Å². The highest BCUT2D eigenvalue weighted by Crippen LogP contribution is 2.68. The van der Waals surface area contributed by atoms with Gasteiger partial charge in [-0.25, -0.2) is 9.59 Å². The van der Waals surface area contributed by atoms with Crippen molar-refractivity contribution in [2.75, 3.05) is 79.7 Å². The first-order chi connectivity index (χ1) is 30.2. The fourth-order valence-electron chi connectivity index (χ4n) is 14.0. The third-order valence-corrected chi connectivity index (χ3v) is 16.1. The third-order valence-electron chi connectivity index (χ3n) is 16.1. The number of nitrogens with one attached hydrogen (secondary N) is 1. The lowest BCUT2D eigenvalue weighted by atomic mass is 9.47. The molecule has 1 aromatic heterocycles. The van der Waals surface area contributed by atoms with Gasteiger partial charge >= 0.3 is 23.9 Å². The van der Waals surface area contributed by atoms with Gasteiger partial charge in [0.1, 0.15) is 17.7 Å². The van der Waals surface area contributed by atoms with Crippen LogP contribution in [-0.2, 0) is 55.4 Å². The van der Waals surface area contributed by atoms with Crippen LogP contribution in [0.5, 0.6) is 5.75 Å². The number of rotatable bonds is 9. The molecular formula is C49H61BrN4O10. The number of likely N-dealkylation sites (N-methyl/N-ethyl adjacent to an activating group) is 1. The predicted octanol–water partition coefficient (Wildman–Crippen LogP) is 1.49. The number of para-hydroxylation sites is 1. The molecule has 14 nitrogen and oxygen atoms in total. The first kappa shape index (κ1) is 45.9. The Labute approximate surface area is 385 Å². The minimum atomic E-state index is -2.32. The van der Waals surface area contributed by atoms with Gasteiger partial charge in [-0.2, -0.15) is 0 Å². The molecule has 6 aliphatic rings. The number of halogens is 1. The molecule has 64 heavy (non-hydrogen) atoms. The molecule has 2 aromatic carbocycles. The molecule has 9 atom stereocenters. The molecule has 5 aliphatic heterocycles. The van der Waals surface area contributed by atoms with E-state index in [9.17, 15) is 19.5 Å². The van der Waals surface area contributed by atoms with Gasteiger partial charge in [-0.05, 0) is 61.1 Å². The van der Waals surface area contributed by atoms with Crippen LogP contribution in [-0.4, -0.2) is 142 Å². The Morgan fingerprint density at radius 2 is 1.73 bits per heavy atom. The smallest absolute Gasteiger partial charge is 0.361 e. The van der Waals surface area contributed by atoms with Gasteiger partial charge < -0.3 is 60.1 Å². The van der Waals surface area contributed by atoms with E-state index < -0.39 is 51.9 Å². The molecule has 0 amide bonds. The Morgan fingerprint density at radius 1 is 0.984 bits per heavy atom. The largest absolute Gasteiger partial charge is 1.00 e. The van der Waals surface area contributed by atoms with Crippen LogP contribution < -0.4 is 26.6 Å². The van der Waals surface area contributed by atoms with Crippen LogP contribution in [0.4, 0.5) is 5.69 Å². The number of benzene rings is 2. The number of quaternary nitrogens is 1. The number of fused-ring (bicyclic) bond motifs is 6. The van der Waals surface area contributed by atoms with Gasteiger partial charge in [-0.15, -0.1) is 0 Å². The molecule has 2 fully saturated rings. The minimum absolute atomic E-state index is 0. The number of aliphatic hydroxyl groups is 1. The van der Waals surface area contributed by atoms with Crippen LogP contribution >= 0.6 is 0 Å². The van der Waals surface area contributed by atoms with E-state index in [0.717, 1.165) is 34.1 Å². The first-order valence-corrected chi connectivity index (χ1v) is 22.3. The molecule has 0 radical (unpaired) electrons. The van der Waals surface area contributed by atoms with Gasteiger partial charge in [-0.3, -0.25) is 14.5 Å². The van der Waals surface area contributed by atoms with Crippen molar-refractivity contribution in [2.45, 2.75) is 87.5 Å². The van der Waals surface area contributed by atoms with Crippen LogP contribution in [0.1, 0.15) is 68.8 Å². The summed E-state index contributed by atoms with van der Waals surface area (Å²) in [4.78, 5) is 64.4. The van der Waals surface area contributed by atoms with Gasteiger partial charge in [0, 0.05) is 83.6 Å².